The minimum atomic E-state index is -0.250. The molecule has 8 heteroatoms. The quantitative estimate of drug-likeness (QED) is 0.451. The highest BCUT2D eigenvalue weighted by Gasteiger charge is 2.09. The summed E-state index contributed by atoms with van der Waals surface area (Å²) < 4.78 is 13.1. The van der Waals surface area contributed by atoms with Crippen LogP contribution >= 0.6 is 0 Å². The van der Waals surface area contributed by atoms with Crippen molar-refractivity contribution in [3.05, 3.63) is 84.8 Å². The molecule has 0 bridgehead atoms. The topological polar surface area (TPSA) is 109 Å². The van der Waals surface area contributed by atoms with Crippen LogP contribution in [0.5, 0.6) is 0 Å². The SMILES string of the molecule is C=C(C=NC=CN)Nc1cc(-c2cn[nH]c2)cc([NH2+]Cc2ccc(F)cc2)n1. The Labute approximate surface area is 161 Å². The van der Waals surface area contributed by atoms with Gasteiger partial charge in [0.25, 0.3) is 0 Å². The normalized spacial score (nSPS) is 11.3. The van der Waals surface area contributed by atoms with E-state index in [1.807, 2.05) is 23.6 Å². The predicted octanol–water partition coefficient (Wildman–Crippen LogP) is 2.43. The predicted molar refractivity (Wildman–Crippen MR) is 108 cm³/mol. The van der Waals surface area contributed by atoms with E-state index in [1.165, 1.54) is 24.5 Å². The summed E-state index contributed by atoms with van der Waals surface area (Å²) in [5, 5.41) is 11.9. The molecule has 0 spiro atoms. The molecule has 0 unspecified atom stereocenters. The fraction of sp³-hybridized carbons (Fsp3) is 0.0500. The molecule has 2 aromatic heterocycles. The molecule has 0 radical (unpaired) electrons. The second-order valence-corrected chi connectivity index (χ2v) is 5.96. The van der Waals surface area contributed by atoms with Gasteiger partial charge in [-0.1, -0.05) is 18.7 Å². The fourth-order valence-electron chi connectivity index (χ4n) is 2.52. The summed E-state index contributed by atoms with van der Waals surface area (Å²) in [6.07, 6.45) is 7.90. The van der Waals surface area contributed by atoms with Crippen molar-refractivity contribution in [2.24, 2.45) is 10.7 Å². The molecule has 3 rings (SSSR count). The van der Waals surface area contributed by atoms with E-state index in [2.05, 4.69) is 32.1 Å². The smallest absolute Gasteiger partial charge is 0.227 e. The molecule has 0 aliphatic carbocycles. The number of anilines is 1. The highest BCUT2D eigenvalue weighted by Crippen LogP contribution is 2.23. The van der Waals surface area contributed by atoms with E-state index in [-0.39, 0.29) is 5.82 Å². The van der Waals surface area contributed by atoms with Gasteiger partial charge in [-0.05, 0) is 23.8 Å². The number of H-pyrrole nitrogens is 1. The van der Waals surface area contributed by atoms with Crippen LogP contribution in [0.2, 0.25) is 0 Å². The largest absolute Gasteiger partial charge is 0.403 e. The number of aliphatic imine (C=N–C) groups is 1. The number of allylic oxidation sites excluding steroid dienone is 1. The van der Waals surface area contributed by atoms with Gasteiger partial charge in [0.2, 0.25) is 5.82 Å². The molecular formula is C20H21FN7+. The van der Waals surface area contributed by atoms with Crippen molar-refractivity contribution in [3.8, 4) is 11.1 Å². The first-order chi connectivity index (χ1) is 13.6. The van der Waals surface area contributed by atoms with E-state index in [4.69, 9.17) is 5.73 Å². The van der Waals surface area contributed by atoms with Gasteiger partial charge in [0.05, 0.1) is 11.9 Å². The number of nitrogens with one attached hydrogen (secondary N) is 2. The molecule has 2 heterocycles. The van der Waals surface area contributed by atoms with Crippen LogP contribution in [0.1, 0.15) is 5.56 Å². The Morgan fingerprint density at radius 3 is 2.82 bits per heavy atom. The molecule has 0 amide bonds. The molecule has 3 aromatic rings. The second kappa shape index (κ2) is 9.24. The number of nitrogens with two attached hydrogens (primary N) is 2. The second-order valence-electron chi connectivity index (χ2n) is 5.96. The van der Waals surface area contributed by atoms with Crippen LogP contribution in [-0.2, 0) is 6.54 Å². The molecule has 0 fully saturated rings. The van der Waals surface area contributed by atoms with E-state index in [1.54, 1.807) is 24.5 Å². The number of quaternary nitrogens is 1. The molecule has 0 saturated carbocycles. The Bertz CT molecular complexity index is 976. The fourth-order valence-corrected chi connectivity index (χ4v) is 2.52. The number of aromatic nitrogens is 3. The minimum absolute atomic E-state index is 0.250. The highest BCUT2D eigenvalue weighted by molar-refractivity contribution is 5.82. The number of rotatable bonds is 8. The third kappa shape index (κ3) is 5.36. The Morgan fingerprint density at radius 2 is 2.11 bits per heavy atom. The highest BCUT2D eigenvalue weighted by atomic mass is 19.1. The van der Waals surface area contributed by atoms with Crippen molar-refractivity contribution in [2.75, 3.05) is 5.32 Å². The zero-order chi connectivity index (χ0) is 19.8. The Kier molecular flexibility index (Phi) is 6.27. The van der Waals surface area contributed by atoms with Gasteiger partial charge in [-0.25, -0.2) is 4.39 Å². The molecule has 1 aromatic carbocycles. The monoisotopic (exact) mass is 378 g/mol. The van der Waals surface area contributed by atoms with Gasteiger partial charge in [0.1, 0.15) is 18.2 Å². The van der Waals surface area contributed by atoms with E-state index < -0.39 is 0 Å². The summed E-state index contributed by atoms with van der Waals surface area (Å²) in [5.41, 5.74) is 8.71. The van der Waals surface area contributed by atoms with Crippen LogP contribution in [0.15, 0.2) is 78.5 Å². The average Bonchev–Trinajstić information content (AvgIpc) is 3.22. The molecular weight excluding hydrogens is 357 g/mol. The number of aromatic amines is 1. The van der Waals surface area contributed by atoms with Crippen molar-refractivity contribution in [1.82, 2.24) is 15.2 Å². The maximum Gasteiger partial charge on any atom is 0.227 e. The first kappa shape index (κ1) is 19.0. The number of benzene rings is 1. The standard InChI is InChI=1S/C20H20FN7/c1-14(10-23-7-6-22)27-20-9-16(17-12-25-26-13-17)8-19(28-20)24-11-15-2-4-18(21)5-3-15/h2-10,12-13H,1,11,22H2,(H,25,26)(H2,24,27,28)/p+1. The number of nitrogens with zero attached hydrogens (tertiary/aromatic N) is 3. The maximum atomic E-state index is 13.1. The van der Waals surface area contributed by atoms with E-state index in [0.717, 1.165) is 22.5 Å². The summed E-state index contributed by atoms with van der Waals surface area (Å²) in [6.45, 7) is 4.54. The molecule has 142 valence electrons. The summed E-state index contributed by atoms with van der Waals surface area (Å²) in [7, 11) is 0. The van der Waals surface area contributed by atoms with Gasteiger partial charge in [-0.3, -0.25) is 15.4 Å². The van der Waals surface area contributed by atoms with Crippen molar-refractivity contribution >= 4 is 17.9 Å². The van der Waals surface area contributed by atoms with Gasteiger partial charge >= 0.3 is 0 Å². The molecule has 0 atom stereocenters. The van der Waals surface area contributed by atoms with Gasteiger partial charge in [-0.2, -0.15) is 10.1 Å². The van der Waals surface area contributed by atoms with Crippen LogP contribution < -0.4 is 16.4 Å². The summed E-state index contributed by atoms with van der Waals surface area (Å²) in [5.74, 6) is 1.15. The lowest BCUT2D eigenvalue weighted by Crippen LogP contribution is -2.76. The first-order valence-electron chi connectivity index (χ1n) is 8.59. The Balaban J connectivity index is 1.81. The zero-order valence-electron chi connectivity index (χ0n) is 15.1. The Morgan fingerprint density at radius 1 is 1.29 bits per heavy atom. The molecule has 0 aliphatic rings. The number of halogens is 1. The lowest BCUT2D eigenvalue weighted by Gasteiger charge is -2.09. The van der Waals surface area contributed by atoms with Crippen molar-refractivity contribution in [2.45, 2.75) is 6.54 Å². The van der Waals surface area contributed by atoms with Gasteiger partial charge in [-0.15, -0.1) is 0 Å². The van der Waals surface area contributed by atoms with Gasteiger partial charge in [0, 0.05) is 42.0 Å². The van der Waals surface area contributed by atoms with Gasteiger partial charge in [0.15, 0.2) is 0 Å². The summed E-state index contributed by atoms with van der Waals surface area (Å²) in [4.78, 5) is 8.60. The van der Waals surface area contributed by atoms with Crippen molar-refractivity contribution in [1.29, 1.82) is 0 Å². The van der Waals surface area contributed by atoms with Gasteiger partial charge < -0.3 is 11.1 Å². The number of hydrogen-bond acceptors (Lipinski definition) is 5. The van der Waals surface area contributed by atoms with Crippen LogP contribution in [0.4, 0.5) is 16.0 Å². The van der Waals surface area contributed by atoms with Crippen molar-refractivity contribution < 1.29 is 9.71 Å². The van der Waals surface area contributed by atoms with Crippen LogP contribution in [0.3, 0.4) is 0 Å². The maximum absolute atomic E-state index is 13.1. The lowest BCUT2D eigenvalue weighted by molar-refractivity contribution is -0.592. The zero-order valence-corrected chi connectivity index (χ0v) is 15.1. The molecule has 6 N–H and O–H groups in total. The summed E-state index contributed by atoms with van der Waals surface area (Å²) >= 11 is 0. The van der Waals surface area contributed by atoms with Crippen LogP contribution in [0, 0.1) is 5.82 Å². The van der Waals surface area contributed by atoms with Crippen LogP contribution in [-0.4, -0.2) is 21.4 Å². The third-order valence-electron chi connectivity index (χ3n) is 3.83. The molecule has 0 saturated heterocycles. The summed E-state index contributed by atoms with van der Waals surface area (Å²) in [6, 6.07) is 10.3. The Hall–Kier alpha value is -3.78. The van der Waals surface area contributed by atoms with Crippen LogP contribution in [0.25, 0.3) is 11.1 Å². The molecule has 7 nitrogen and oxygen atoms in total. The van der Waals surface area contributed by atoms with E-state index >= 15 is 0 Å². The first-order valence-corrected chi connectivity index (χ1v) is 8.59. The minimum Gasteiger partial charge on any atom is -0.403 e. The lowest BCUT2D eigenvalue weighted by atomic mass is 10.1. The number of hydrogen-bond donors (Lipinski definition) is 4. The average molecular weight is 378 g/mol. The van der Waals surface area contributed by atoms with E-state index in [0.29, 0.717) is 18.1 Å². The molecule has 28 heavy (non-hydrogen) atoms. The number of pyridine rings is 1. The molecule has 0 aliphatic heterocycles. The third-order valence-corrected chi connectivity index (χ3v) is 3.83. The van der Waals surface area contributed by atoms with Crippen molar-refractivity contribution in [3.63, 3.8) is 0 Å². The van der Waals surface area contributed by atoms with E-state index in [9.17, 15) is 4.39 Å².